The molecule has 0 saturated heterocycles. The lowest BCUT2D eigenvalue weighted by Crippen LogP contribution is -2.47. The number of rotatable bonds is 52. The number of unbranched alkanes of at least 4 members (excludes halogenated alkanes) is 32. The van der Waals surface area contributed by atoms with Gasteiger partial charge in [-0.1, -0.05) is 250 Å². The fourth-order valence-corrected chi connectivity index (χ4v) is 9.09. The zero-order valence-corrected chi connectivity index (χ0v) is 47.0. The molecule has 2 N–H and O–H groups in total. The highest BCUT2D eigenvalue weighted by atomic mass is 31.2. The van der Waals surface area contributed by atoms with Crippen molar-refractivity contribution < 1.29 is 37.3 Å². The summed E-state index contributed by atoms with van der Waals surface area (Å²) in [5.41, 5.74) is 0. The van der Waals surface area contributed by atoms with Gasteiger partial charge < -0.3 is 19.4 Å². The largest absolute Gasteiger partial charge is 0.472 e. The Labute approximate surface area is 427 Å². The van der Waals surface area contributed by atoms with Crippen LogP contribution in [0, 0.1) is 0 Å². The van der Waals surface area contributed by atoms with Crippen molar-refractivity contribution in [1.82, 2.24) is 5.32 Å². The molecular weight excluding hydrogens is 880 g/mol. The third kappa shape index (κ3) is 50.7. The van der Waals surface area contributed by atoms with E-state index in [2.05, 4.69) is 62.5 Å². The maximum absolute atomic E-state index is 13.5. The van der Waals surface area contributed by atoms with Crippen LogP contribution in [0.25, 0.3) is 0 Å². The summed E-state index contributed by atoms with van der Waals surface area (Å²) in [4.78, 5) is 37.6. The Balaban J connectivity index is 5.35. The molecular formula is C59H112N2O7P+. The minimum absolute atomic E-state index is 0.0366. The molecule has 0 fully saturated rings. The molecule has 0 spiro atoms. The standard InChI is InChI=1S/C59H111N2O7P/c1-7-10-13-16-19-22-25-28-29-30-31-34-37-40-43-46-49-52-59(63)68-57(50-47-44-41-38-35-32-26-23-20-17-14-11-8-2)56(55-67-69(64,65)66-54-53-61(4,5)6)60-58(62)51-48-45-42-39-36-33-27-24-21-18-15-12-9-3/h12,15,18,21,24,27,47,50,56-57H,7-11,13-14,16-17,19-20,22-23,25-26,28-46,48-49,51-55H2,1-6H3,(H-,60,62,64,65)/p+1/b15-12+,21-18+,27-24-,50-47+. The Bertz CT molecular complexity index is 1330. The Morgan fingerprint density at radius 2 is 0.928 bits per heavy atom. The van der Waals surface area contributed by atoms with Crippen LogP contribution in [0.2, 0.25) is 0 Å². The number of carbonyl (C=O) groups excluding carboxylic acids is 2. The van der Waals surface area contributed by atoms with Crippen LogP contribution in [0.4, 0.5) is 0 Å². The number of nitrogens with zero attached hydrogens (tertiary/aromatic N) is 1. The molecule has 3 atom stereocenters. The number of carbonyl (C=O) groups is 2. The van der Waals surface area contributed by atoms with E-state index in [1.165, 1.54) is 148 Å². The second-order valence-corrected chi connectivity index (χ2v) is 22.3. The van der Waals surface area contributed by atoms with E-state index in [4.69, 9.17) is 13.8 Å². The minimum atomic E-state index is -4.45. The van der Waals surface area contributed by atoms with Crippen molar-refractivity contribution in [2.45, 2.75) is 277 Å². The summed E-state index contributed by atoms with van der Waals surface area (Å²) >= 11 is 0. The van der Waals surface area contributed by atoms with Gasteiger partial charge in [0, 0.05) is 12.8 Å². The number of likely N-dealkylation sites (N-methyl/N-ethyl adjacent to an activating group) is 1. The minimum Gasteiger partial charge on any atom is -0.456 e. The first-order chi connectivity index (χ1) is 33.4. The van der Waals surface area contributed by atoms with E-state index in [-0.39, 0.29) is 25.1 Å². The summed E-state index contributed by atoms with van der Waals surface area (Å²) < 4.78 is 30.6. The van der Waals surface area contributed by atoms with Gasteiger partial charge >= 0.3 is 13.8 Å². The maximum Gasteiger partial charge on any atom is 0.472 e. The molecule has 0 aliphatic rings. The molecule has 0 aromatic heterocycles. The molecule has 0 aliphatic carbocycles. The van der Waals surface area contributed by atoms with Gasteiger partial charge in [-0.3, -0.25) is 18.6 Å². The van der Waals surface area contributed by atoms with Crippen LogP contribution in [0.3, 0.4) is 0 Å². The molecule has 9 nitrogen and oxygen atoms in total. The molecule has 0 aliphatic heterocycles. The van der Waals surface area contributed by atoms with Gasteiger partial charge in [0.15, 0.2) is 0 Å². The predicted octanol–water partition coefficient (Wildman–Crippen LogP) is 17.3. The van der Waals surface area contributed by atoms with E-state index < -0.39 is 20.0 Å². The van der Waals surface area contributed by atoms with Gasteiger partial charge in [0.05, 0.1) is 33.8 Å². The first-order valence-electron chi connectivity index (χ1n) is 29.0. The highest BCUT2D eigenvalue weighted by Crippen LogP contribution is 2.43. The summed E-state index contributed by atoms with van der Waals surface area (Å²) in [5, 5.41) is 3.04. The second kappa shape index (κ2) is 49.5. The fourth-order valence-electron chi connectivity index (χ4n) is 8.35. The number of amides is 1. The summed E-state index contributed by atoms with van der Waals surface area (Å²) in [6.07, 6.45) is 59.6. The SMILES string of the molecule is CC/C=C/C=C/C=C\CCCCCCCC(=O)NC(COP(=O)(O)OCC[N+](C)(C)C)C(/C=C/CCCCCCCCCCCCC)OC(=O)CCCCCCCCCCCCCCCCCCC. The third-order valence-corrected chi connectivity index (χ3v) is 13.8. The number of quaternary nitrogens is 1. The highest BCUT2D eigenvalue weighted by molar-refractivity contribution is 7.47. The Kier molecular flexibility index (Phi) is 48.1. The quantitative estimate of drug-likeness (QED) is 0.0156. The Morgan fingerprint density at radius 1 is 0.522 bits per heavy atom. The Hall–Kier alpha value is -2.03. The lowest BCUT2D eigenvalue weighted by molar-refractivity contribution is -0.870. The van der Waals surface area contributed by atoms with Crippen LogP contribution in [0.1, 0.15) is 265 Å². The number of allylic oxidation sites excluding steroid dienone is 7. The van der Waals surface area contributed by atoms with Gasteiger partial charge in [-0.15, -0.1) is 0 Å². The molecule has 0 rings (SSSR count). The molecule has 0 radical (unpaired) electrons. The van der Waals surface area contributed by atoms with Crippen molar-refractivity contribution in [2.75, 3.05) is 40.9 Å². The molecule has 3 unspecified atom stereocenters. The van der Waals surface area contributed by atoms with E-state index >= 15 is 0 Å². The molecule has 69 heavy (non-hydrogen) atoms. The van der Waals surface area contributed by atoms with Gasteiger partial charge in [-0.2, -0.15) is 0 Å². The van der Waals surface area contributed by atoms with Gasteiger partial charge in [-0.25, -0.2) is 4.57 Å². The molecule has 1 amide bonds. The molecule has 0 aromatic carbocycles. The molecule has 0 heterocycles. The van der Waals surface area contributed by atoms with E-state index in [9.17, 15) is 19.0 Å². The maximum atomic E-state index is 13.5. The number of hydrogen-bond acceptors (Lipinski definition) is 6. The van der Waals surface area contributed by atoms with Crippen LogP contribution in [0.5, 0.6) is 0 Å². The van der Waals surface area contributed by atoms with Crippen molar-refractivity contribution in [2.24, 2.45) is 0 Å². The average molecular weight is 993 g/mol. The number of phosphoric ester groups is 1. The lowest BCUT2D eigenvalue weighted by atomic mass is 10.0. The summed E-state index contributed by atoms with van der Waals surface area (Å²) in [6, 6.07) is -0.855. The zero-order chi connectivity index (χ0) is 50.8. The highest BCUT2D eigenvalue weighted by Gasteiger charge is 2.30. The van der Waals surface area contributed by atoms with E-state index in [1.54, 1.807) is 0 Å². The van der Waals surface area contributed by atoms with Crippen molar-refractivity contribution in [1.29, 1.82) is 0 Å². The molecule has 0 bridgehead atoms. The lowest BCUT2D eigenvalue weighted by Gasteiger charge is -2.27. The molecule has 404 valence electrons. The van der Waals surface area contributed by atoms with Crippen molar-refractivity contribution in [3.05, 3.63) is 48.6 Å². The number of phosphoric acid groups is 1. The number of esters is 1. The third-order valence-electron chi connectivity index (χ3n) is 12.8. The second-order valence-electron chi connectivity index (χ2n) is 20.9. The molecule has 0 saturated carbocycles. The van der Waals surface area contributed by atoms with Crippen LogP contribution in [0.15, 0.2) is 48.6 Å². The predicted molar refractivity (Wildman–Crippen MR) is 295 cm³/mol. The monoisotopic (exact) mass is 992 g/mol. The first kappa shape index (κ1) is 67.0. The van der Waals surface area contributed by atoms with Crippen LogP contribution >= 0.6 is 7.82 Å². The summed E-state index contributed by atoms with van der Waals surface area (Å²) in [7, 11) is 1.48. The first-order valence-corrected chi connectivity index (χ1v) is 30.5. The topological polar surface area (TPSA) is 111 Å². The van der Waals surface area contributed by atoms with Gasteiger partial charge in [0.2, 0.25) is 5.91 Å². The van der Waals surface area contributed by atoms with E-state index in [0.717, 1.165) is 83.5 Å². The van der Waals surface area contributed by atoms with E-state index in [1.807, 2.05) is 33.3 Å². The van der Waals surface area contributed by atoms with Crippen LogP contribution in [-0.2, 0) is 27.9 Å². The van der Waals surface area contributed by atoms with E-state index in [0.29, 0.717) is 23.9 Å². The van der Waals surface area contributed by atoms with Crippen LogP contribution in [-0.4, -0.2) is 74.3 Å². The molecule has 0 aromatic rings. The van der Waals surface area contributed by atoms with Crippen molar-refractivity contribution >= 4 is 19.7 Å². The fraction of sp³-hybridized carbons (Fsp3) is 0.831. The number of nitrogens with one attached hydrogen (secondary N) is 1. The zero-order valence-electron chi connectivity index (χ0n) is 46.1. The number of hydrogen-bond donors (Lipinski definition) is 2. The van der Waals surface area contributed by atoms with Crippen molar-refractivity contribution in [3.8, 4) is 0 Å². The Morgan fingerprint density at radius 3 is 1.38 bits per heavy atom. The smallest absolute Gasteiger partial charge is 0.456 e. The average Bonchev–Trinajstić information content (AvgIpc) is 3.31. The van der Waals surface area contributed by atoms with Crippen molar-refractivity contribution in [3.63, 3.8) is 0 Å². The normalized spacial score (nSPS) is 14.1. The molecule has 10 heteroatoms. The van der Waals surface area contributed by atoms with Gasteiger partial charge in [-0.05, 0) is 51.0 Å². The number of ether oxygens (including phenoxy) is 1. The van der Waals surface area contributed by atoms with Gasteiger partial charge in [0.1, 0.15) is 19.3 Å². The summed E-state index contributed by atoms with van der Waals surface area (Å²) in [6.45, 7) is 6.88. The summed E-state index contributed by atoms with van der Waals surface area (Å²) in [5.74, 6) is -0.521. The van der Waals surface area contributed by atoms with Crippen LogP contribution < -0.4 is 5.32 Å². The van der Waals surface area contributed by atoms with Gasteiger partial charge in [0.25, 0.3) is 0 Å².